The third-order valence-corrected chi connectivity index (χ3v) is 4.03. The van der Waals surface area contributed by atoms with Crippen LogP contribution in [0, 0.1) is 5.82 Å². The molecule has 0 spiro atoms. The van der Waals surface area contributed by atoms with Gasteiger partial charge in [0.05, 0.1) is 17.7 Å². The van der Waals surface area contributed by atoms with Crippen LogP contribution < -0.4 is 0 Å². The maximum atomic E-state index is 13.5. The van der Waals surface area contributed by atoms with Crippen molar-refractivity contribution < 1.29 is 13.9 Å². The van der Waals surface area contributed by atoms with Gasteiger partial charge in [0, 0.05) is 11.5 Å². The van der Waals surface area contributed by atoms with E-state index in [-0.39, 0.29) is 11.7 Å². The zero-order chi connectivity index (χ0) is 13.9. The first-order chi connectivity index (χ1) is 9.74. The molecule has 1 fully saturated rings. The number of ether oxygens (including phenoxy) is 2. The minimum atomic E-state index is -0.488. The average molecular weight is 337 g/mol. The van der Waals surface area contributed by atoms with Gasteiger partial charge in [0.25, 0.3) is 0 Å². The molecular weight excluding hydrogens is 323 g/mol. The van der Waals surface area contributed by atoms with Gasteiger partial charge in [0.1, 0.15) is 5.82 Å². The van der Waals surface area contributed by atoms with Crippen molar-refractivity contribution in [2.24, 2.45) is 0 Å². The molecule has 1 aliphatic heterocycles. The average Bonchev–Trinajstić information content (AvgIpc) is 2.51. The molecular formula is C16H14BrFO2. The predicted molar refractivity (Wildman–Crippen MR) is 77.9 cm³/mol. The lowest BCUT2D eigenvalue weighted by atomic mass is 10.0. The highest BCUT2D eigenvalue weighted by molar-refractivity contribution is 9.10. The fourth-order valence-electron chi connectivity index (χ4n) is 2.27. The fraction of sp³-hybridized carbons (Fsp3) is 0.250. The largest absolute Gasteiger partial charge is 0.348 e. The highest BCUT2D eigenvalue weighted by Gasteiger charge is 2.25. The van der Waals surface area contributed by atoms with Gasteiger partial charge in [0.2, 0.25) is 0 Å². The molecule has 0 bridgehead atoms. The first-order valence-corrected chi connectivity index (χ1v) is 7.26. The number of benzene rings is 2. The van der Waals surface area contributed by atoms with Gasteiger partial charge in [-0.05, 0) is 33.6 Å². The molecule has 2 nitrogen and oxygen atoms in total. The van der Waals surface area contributed by atoms with Crippen LogP contribution in [0.3, 0.4) is 0 Å². The first-order valence-electron chi connectivity index (χ1n) is 6.47. The van der Waals surface area contributed by atoms with Crippen LogP contribution in [0.15, 0.2) is 53.0 Å². The van der Waals surface area contributed by atoms with Gasteiger partial charge in [-0.15, -0.1) is 0 Å². The monoisotopic (exact) mass is 336 g/mol. The van der Waals surface area contributed by atoms with Crippen LogP contribution in [-0.2, 0) is 9.47 Å². The van der Waals surface area contributed by atoms with Gasteiger partial charge < -0.3 is 9.47 Å². The Labute approximate surface area is 125 Å². The molecule has 0 amide bonds. The minimum absolute atomic E-state index is 0.229. The number of halogens is 2. The van der Waals surface area contributed by atoms with Crippen molar-refractivity contribution in [2.45, 2.75) is 12.2 Å². The second-order valence-corrected chi connectivity index (χ2v) is 5.63. The van der Waals surface area contributed by atoms with E-state index >= 15 is 0 Å². The molecule has 0 aliphatic carbocycles. The summed E-state index contributed by atoms with van der Waals surface area (Å²) in [6.45, 7) is 1.15. The Kier molecular flexibility index (Phi) is 4.15. The molecule has 3 rings (SSSR count). The maximum Gasteiger partial charge on any atom is 0.183 e. The summed E-state index contributed by atoms with van der Waals surface area (Å²) < 4.78 is 25.4. The Balaban J connectivity index is 1.68. The molecule has 0 saturated carbocycles. The molecule has 1 aliphatic rings. The zero-order valence-corrected chi connectivity index (χ0v) is 12.3. The van der Waals surface area contributed by atoms with Gasteiger partial charge in [-0.1, -0.05) is 36.4 Å². The summed E-state index contributed by atoms with van der Waals surface area (Å²) in [6, 6.07) is 15.0. The van der Waals surface area contributed by atoms with E-state index in [1.54, 1.807) is 12.1 Å². The minimum Gasteiger partial charge on any atom is -0.348 e. The Bertz CT molecular complexity index is 580. The standard InChI is InChI=1S/C16H14BrFO2/c17-14-7-6-12(8-15(14)18)16-19-9-13(10-20-16)11-4-2-1-3-5-11/h1-8,13,16H,9-10H2/t13-,16-. The smallest absolute Gasteiger partial charge is 0.183 e. The molecule has 0 atom stereocenters. The molecule has 0 aromatic heterocycles. The van der Waals surface area contributed by atoms with Crippen LogP contribution in [-0.4, -0.2) is 13.2 Å². The number of hydrogen-bond donors (Lipinski definition) is 0. The first kappa shape index (κ1) is 13.7. The summed E-state index contributed by atoms with van der Waals surface area (Å²) in [5.74, 6) is -0.0763. The molecule has 0 N–H and O–H groups in total. The van der Waals surface area contributed by atoms with Crippen LogP contribution in [0.25, 0.3) is 0 Å². The highest BCUT2D eigenvalue weighted by atomic mass is 79.9. The summed E-state index contributed by atoms with van der Waals surface area (Å²) in [4.78, 5) is 0. The molecule has 2 aromatic carbocycles. The normalized spacial score (nSPS) is 22.7. The third kappa shape index (κ3) is 2.92. The Hall–Kier alpha value is -1.23. The van der Waals surface area contributed by atoms with E-state index in [1.807, 2.05) is 18.2 Å². The number of hydrogen-bond acceptors (Lipinski definition) is 2. The summed E-state index contributed by atoms with van der Waals surface area (Å²) in [6.07, 6.45) is -0.488. The van der Waals surface area contributed by atoms with E-state index in [0.29, 0.717) is 23.2 Å². The van der Waals surface area contributed by atoms with Gasteiger partial charge in [-0.25, -0.2) is 4.39 Å². The van der Waals surface area contributed by atoms with Gasteiger partial charge in [-0.3, -0.25) is 0 Å². The molecule has 20 heavy (non-hydrogen) atoms. The zero-order valence-electron chi connectivity index (χ0n) is 10.8. The van der Waals surface area contributed by atoms with Crippen LogP contribution in [0.1, 0.15) is 23.3 Å². The second-order valence-electron chi connectivity index (χ2n) is 4.78. The SMILES string of the molecule is Fc1cc([C@H]2OC[C@H](c3ccccc3)CO2)ccc1Br. The molecule has 2 aromatic rings. The molecule has 1 heterocycles. The van der Waals surface area contributed by atoms with Crippen LogP contribution in [0.5, 0.6) is 0 Å². The second kappa shape index (κ2) is 6.04. The molecule has 4 heteroatoms. The summed E-state index contributed by atoms with van der Waals surface area (Å²) in [5, 5.41) is 0. The van der Waals surface area contributed by atoms with Crippen molar-refractivity contribution in [2.75, 3.05) is 13.2 Å². The van der Waals surface area contributed by atoms with E-state index < -0.39 is 6.29 Å². The molecule has 0 unspecified atom stereocenters. The topological polar surface area (TPSA) is 18.5 Å². The van der Waals surface area contributed by atoms with E-state index in [0.717, 1.165) is 0 Å². The molecule has 1 saturated heterocycles. The lowest BCUT2D eigenvalue weighted by Crippen LogP contribution is -2.25. The van der Waals surface area contributed by atoms with E-state index in [4.69, 9.17) is 9.47 Å². The fourth-order valence-corrected chi connectivity index (χ4v) is 2.52. The van der Waals surface area contributed by atoms with Gasteiger partial charge in [0.15, 0.2) is 6.29 Å². The quantitative estimate of drug-likeness (QED) is 0.808. The van der Waals surface area contributed by atoms with Crippen molar-refractivity contribution in [3.8, 4) is 0 Å². The van der Waals surface area contributed by atoms with Crippen molar-refractivity contribution in [1.29, 1.82) is 0 Å². The van der Waals surface area contributed by atoms with Gasteiger partial charge in [-0.2, -0.15) is 0 Å². The van der Waals surface area contributed by atoms with Crippen molar-refractivity contribution in [1.82, 2.24) is 0 Å². The molecule has 104 valence electrons. The van der Waals surface area contributed by atoms with Crippen LogP contribution in [0.2, 0.25) is 0 Å². The van der Waals surface area contributed by atoms with E-state index in [9.17, 15) is 4.39 Å². The van der Waals surface area contributed by atoms with E-state index in [1.165, 1.54) is 11.6 Å². The van der Waals surface area contributed by atoms with Crippen LogP contribution >= 0.6 is 15.9 Å². The van der Waals surface area contributed by atoms with Crippen molar-refractivity contribution >= 4 is 15.9 Å². The Morgan fingerprint density at radius 2 is 1.65 bits per heavy atom. The predicted octanol–water partition coefficient (Wildman–Crippen LogP) is 4.42. The van der Waals surface area contributed by atoms with E-state index in [2.05, 4.69) is 28.1 Å². The Morgan fingerprint density at radius 1 is 0.950 bits per heavy atom. The summed E-state index contributed by atoms with van der Waals surface area (Å²) in [7, 11) is 0. The summed E-state index contributed by atoms with van der Waals surface area (Å²) in [5.41, 5.74) is 1.91. The lowest BCUT2D eigenvalue weighted by Gasteiger charge is -2.30. The summed E-state index contributed by atoms with van der Waals surface area (Å²) >= 11 is 3.14. The van der Waals surface area contributed by atoms with Crippen LogP contribution in [0.4, 0.5) is 4.39 Å². The highest BCUT2D eigenvalue weighted by Crippen LogP contribution is 2.31. The maximum absolute atomic E-state index is 13.5. The molecule has 0 radical (unpaired) electrons. The van der Waals surface area contributed by atoms with Crippen molar-refractivity contribution in [3.63, 3.8) is 0 Å². The van der Waals surface area contributed by atoms with Gasteiger partial charge >= 0.3 is 0 Å². The Morgan fingerprint density at radius 3 is 2.30 bits per heavy atom. The lowest BCUT2D eigenvalue weighted by molar-refractivity contribution is -0.191. The third-order valence-electron chi connectivity index (χ3n) is 3.38. The number of rotatable bonds is 2. The van der Waals surface area contributed by atoms with Crippen molar-refractivity contribution in [3.05, 3.63) is 69.9 Å².